The van der Waals surface area contributed by atoms with Crippen molar-refractivity contribution in [3.05, 3.63) is 12.2 Å². The van der Waals surface area contributed by atoms with Gasteiger partial charge in [-0.05, 0) is 13.8 Å². The average Bonchev–Trinajstić information content (AvgIpc) is 2.34. The van der Waals surface area contributed by atoms with Gasteiger partial charge in [0.05, 0.1) is 0 Å². The van der Waals surface area contributed by atoms with Crippen LogP contribution in [0.3, 0.4) is 0 Å². The Balaban J connectivity index is 3.46. The fourth-order valence-corrected chi connectivity index (χ4v) is 2.63. The molecule has 0 aliphatic heterocycles. The number of rotatable bonds is 8. The summed E-state index contributed by atoms with van der Waals surface area (Å²) in [5, 5.41) is 3.66. The second-order valence-corrected chi connectivity index (χ2v) is 6.13. The molecule has 1 unspecified atom stereocenters. The lowest BCUT2D eigenvalue weighted by molar-refractivity contribution is -0.138. The van der Waals surface area contributed by atoms with Crippen LogP contribution in [0.4, 0.5) is 4.79 Å². The molecule has 0 aromatic heterocycles. The molecular weight excluding hydrogens is 264 g/mol. The minimum absolute atomic E-state index is 0.0611. The summed E-state index contributed by atoms with van der Waals surface area (Å²) in [6.07, 6.45) is -1.01. The molecule has 0 spiro atoms. The number of hydrogen-bond acceptors (Lipinski definition) is 7. The van der Waals surface area contributed by atoms with Crippen molar-refractivity contribution in [3.63, 3.8) is 0 Å². The van der Waals surface area contributed by atoms with Crippen LogP contribution in [0.2, 0.25) is 0 Å². The van der Waals surface area contributed by atoms with E-state index in [1.165, 1.54) is 21.6 Å². The Morgan fingerprint density at radius 1 is 1.53 bits per heavy atom. The van der Waals surface area contributed by atoms with E-state index in [9.17, 15) is 9.59 Å². The molecule has 0 bridgehead atoms. The zero-order valence-electron chi connectivity index (χ0n) is 10.8. The summed E-state index contributed by atoms with van der Waals surface area (Å²) in [6, 6.07) is 0. The number of carbonyl (C=O) groups is 2. The van der Waals surface area contributed by atoms with E-state index in [0.717, 1.165) is 0 Å². The van der Waals surface area contributed by atoms with Crippen LogP contribution in [0.15, 0.2) is 12.2 Å². The molecule has 0 amide bonds. The van der Waals surface area contributed by atoms with E-state index in [1.807, 2.05) is 6.92 Å². The molecule has 1 atom stereocenters. The van der Waals surface area contributed by atoms with Gasteiger partial charge < -0.3 is 14.6 Å². The monoisotopic (exact) mass is 281 g/mol. The van der Waals surface area contributed by atoms with Gasteiger partial charge in [0, 0.05) is 16.6 Å². The third-order valence-electron chi connectivity index (χ3n) is 1.42. The first-order valence-electron chi connectivity index (χ1n) is 5.29. The zero-order chi connectivity index (χ0) is 14.0. The predicted molar refractivity (Wildman–Crippen MR) is 69.3 cm³/mol. The van der Waals surface area contributed by atoms with Gasteiger partial charge >= 0.3 is 13.6 Å². The predicted octanol–water partition coefficient (Wildman–Crippen LogP) is 2.57. The molecule has 0 rings (SSSR count). The second-order valence-electron chi connectivity index (χ2n) is 3.21. The van der Waals surface area contributed by atoms with Crippen LogP contribution in [0.25, 0.3) is 1.43 Å². The van der Waals surface area contributed by atoms with Crippen molar-refractivity contribution in [2.45, 2.75) is 19.1 Å². The summed E-state index contributed by atoms with van der Waals surface area (Å²) in [4.78, 5) is 21.5. The van der Waals surface area contributed by atoms with Gasteiger partial charge in [-0.25, -0.2) is 9.59 Å². The Labute approximate surface area is 110 Å². The first kappa shape index (κ1) is 14.2. The van der Waals surface area contributed by atoms with Crippen LogP contribution < -0.4 is 0 Å². The maximum atomic E-state index is 11.0. The van der Waals surface area contributed by atoms with Crippen molar-refractivity contribution in [2.24, 2.45) is 0 Å². The van der Waals surface area contributed by atoms with E-state index in [1.54, 1.807) is 6.92 Å². The Bertz CT molecular complexity index is 298. The lowest BCUT2D eigenvalue weighted by atomic mass is 10.4. The highest BCUT2D eigenvalue weighted by atomic mass is 33.1. The van der Waals surface area contributed by atoms with Crippen molar-refractivity contribution < 1.29 is 24.2 Å². The molecule has 7 heteroatoms. The number of carboxylic acid groups (broad SMARTS) is 1. The second kappa shape index (κ2) is 9.23. The van der Waals surface area contributed by atoms with E-state index in [0.29, 0.717) is 17.9 Å². The van der Waals surface area contributed by atoms with Gasteiger partial charge in [-0.2, -0.15) is 0 Å². The molecule has 17 heavy (non-hydrogen) atoms. The van der Waals surface area contributed by atoms with E-state index < -0.39 is 12.1 Å². The minimum Gasteiger partial charge on any atom is -0.461 e. The summed E-state index contributed by atoms with van der Waals surface area (Å²) in [5.74, 6) is 0.242. The fourth-order valence-electron chi connectivity index (χ4n) is 0.669. The molecule has 0 aromatic rings. The molecule has 98 valence electrons. The first-order chi connectivity index (χ1) is 8.47. The molecule has 0 aromatic carbocycles. The van der Waals surface area contributed by atoms with E-state index >= 15 is 0 Å². The van der Waals surface area contributed by atoms with Gasteiger partial charge in [-0.15, -0.1) is 0 Å². The van der Waals surface area contributed by atoms with Crippen LogP contribution >= 0.6 is 21.6 Å². The Morgan fingerprint density at radius 3 is 2.82 bits per heavy atom. The van der Waals surface area contributed by atoms with Crippen LogP contribution in [0.1, 0.15) is 13.8 Å². The third kappa shape index (κ3) is 10.1. The van der Waals surface area contributed by atoms with E-state index in [2.05, 4.69) is 16.4 Å². The lowest BCUT2D eigenvalue weighted by Gasteiger charge is -2.09. The van der Waals surface area contributed by atoms with Crippen molar-refractivity contribution in [1.82, 2.24) is 0 Å². The van der Waals surface area contributed by atoms with Crippen molar-refractivity contribution >= 4 is 33.7 Å². The summed E-state index contributed by atoms with van der Waals surface area (Å²) in [6.45, 7) is 7.41. The molecule has 0 saturated carbocycles. The maximum Gasteiger partial charge on any atom is 0.505 e. The van der Waals surface area contributed by atoms with E-state index in [4.69, 9.17) is 6.17 Å². The first-order valence-corrected chi connectivity index (χ1v) is 7.26. The highest BCUT2D eigenvalue weighted by Crippen LogP contribution is 2.26. The highest BCUT2D eigenvalue weighted by molar-refractivity contribution is 8.76. The topological polar surface area (TPSA) is 72.8 Å². The van der Waals surface area contributed by atoms with Gasteiger partial charge in [0.25, 0.3) is 0 Å². The smallest absolute Gasteiger partial charge is 0.461 e. The molecule has 1 N–H and O–H groups in total. The summed E-state index contributed by atoms with van der Waals surface area (Å²) in [7, 11) is 3.00. The molecule has 0 saturated heterocycles. The Hall–Kier alpha value is -0.820. The highest BCUT2D eigenvalue weighted by Gasteiger charge is 2.07. The van der Waals surface area contributed by atoms with Crippen LogP contribution in [0.5, 0.6) is 0 Å². The van der Waals surface area contributed by atoms with Gasteiger partial charge in [0.1, 0.15) is 13.2 Å². The van der Waals surface area contributed by atoms with Crippen molar-refractivity contribution in [1.29, 1.82) is 1.43 Å². The van der Waals surface area contributed by atoms with Crippen LogP contribution in [-0.2, 0) is 14.3 Å². The lowest BCUT2D eigenvalue weighted by Crippen LogP contribution is -2.11. The number of carbonyl (C=O) groups excluding carboxylic acids is 1. The molecule has 0 radical (unpaired) electrons. The SMILES string of the molecule is [2H]OC(=O)OCC(C)SSCCOC(=O)C(=C)C. The third-order valence-corrected chi connectivity index (χ3v) is 4.24. The van der Waals surface area contributed by atoms with Crippen LogP contribution in [-0.4, -0.2) is 41.5 Å². The van der Waals surface area contributed by atoms with Gasteiger partial charge in [-0.3, -0.25) is 0 Å². The van der Waals surface area contributed by atoms with Gasteiger partial charge in [-0.1, -0.05) is 28.2 Å². The van der Waals surface area contributed by atoms with Crippen molar-refractivity contribution in [3.8, 4) is 0 Å². The molecule has 0 heterocycles. The number of hydrogen-bond donors (Lipinski definition) is 1. The largest absolute Gasteiger partial charge is 0.505 e. The maximum absolute atomic E-state index is 11.0. The number of esters is 1. The zero-order valence-corrected chi connectivity index (χ0v) is 11.4. The van der Waals surface area contributed by atoms with E-state index in [-0.39, 0.29) is 11.9 Å². The Morgan fingerprint density at radius 2 is 2.24 bits per heavy atom. The summed E-state index contributed by atoms with van der Waals surface area (Å²) < 4.78 is 15.8. The normalized spacial score (nSPS) is 12.2. The number of ether oxygens (including phenoxy) is 2. The molecule has 0 fully saturated rings. The quantitative estimate of drug-likeness (QED) is 0.317. The van der Waals surface area contributed by atoms with Crippen molar-refractivity contribution in [2.75, 3.05) is 19.0 Å². The molecule has 0 aliphatic rings. The molecule has 0 aliphatic carbocycles. The molecule has 5 nitrogen and oxygen atoms in total. The molecular formula is C10H16O5S2. The minimum atomic E-state index is -1.01. The summed E-state index contributed by atoms with van der Waals surface area (Å²) >= 11 is 0. The van der Waals surface area contributed by atoms with Crippen LogP contribution in [0, 0.1) is 0 Å². The Kier molecular flexibility index (Phi) is 7.74. The standard InChI is InChI=1S/C10H16O5S2/c1-7(2)9(11)14-4-5-16-17-8(3)6-15-10(12)13/h8H,1,4-6H2,2-3H3,(H,12,13)/i/hD. The van der Waals surface area contributed by atoms with Gasteiger partial charge in [0.15, 0.2) is 0 Å². The average molecular weight is 281 g/mol. The fraction of sp³-hybridized carbons (Fsp3) is 0.600. The van der Waals surface area contributed by atoms with Gasteiger partial charge in [0.2, 0.25) is 0 Å². The summed E-state index contributed by atoms with van der Waals surface area (Å²) in [5.41, 5.74) is 0.378.